The number of nitrogens with zero attached hydrogens (tertiary/aromatic N) is 3. The summed E-state index contributed by atoms with van der Waals surface area (Å²) in [6, 6.07) is 4.34. The highest BCUT2D eigenvalue weighted by Crippen LogP contribution is 2.40. The van der Waals surface area contributed by atoms with E-state index in [1.165, 1.54) is 25.7 Å². The van der Waals surface area contributed by atoms with Crippen molar-refractivity contribution in [2.24, 2.45) is 4.99 Å². The topological polar surface area (TPSA) is 68.0 Å². The van der Waals surface area contributed by atoms with E-state index in [-0.39, 0.29) is 22.3 Å². The van der Waals surface area contributed by atoms with Crippen molar-refractivity contribution < 1.29 is 9.66 Å². The van der Waals surface area contributed by atoms with Crippen LogP contribution in [0, 0.1) is 10.1 Å². The number of ether oxygens (including phenoxy) is 1. The van der Waals surface area contributed by atoms with E-state index < -0.39 is 0 Å². The maximum Gasteiger partial charge on any atom is 0.273 e. The lowest BCUT2D eigenvalue weighted by molar-refractivity contribution is -0.385. The first-order valence-corrected chi connectivity index (χ1v) is 12.7. The van der Waals surface area contributed by atoms with Gasteiger partial charge < -0.3 is 9.64 Å². The minimum absolute atomic E-state index is 0.117. The van der Waals surface area contributed by atoms with Crippen LogP contribution in [0.4, 0.5) is 11.4 Å². The maximum atomic E-state index is 11.5. The molecule has 2 aliphatic carbocycles. The number of aliphatic imine (C=N–C) groups is 1. The Balaban J connectivity index is 1.68. The summed E-state index contributed by atoms with van der Waals surface area (Å²) in [5, 5.41) is 12.6. The number of thioether (sulfide) groups is 1. The Kier molecular flexibility index (Phi) is 6.63. The van der Waals surface area contributed by atoms with Crippen LogP contribution in [0.1, 0.15) is 77.3 Å². The molecular weight excluding hydrogens is 410 g/mol. The highest BCUT2D eigenvalue weighted by Gasteiger charge is 2.41. The van der Waals surface area contributed by atoms with Crippen LogP contribution in [0.5, 0.6) is 0 Å². The second kappa shape index (κ2) is 9.10. The van der Waals surface area contributed by atoms with Crippen molar-refractivity contribution in [1.82, 2.24) is 4.90 Å². The molecule has 0 bridgehead atoms. The molecule has 2 fully saturated rings. The molecule has 0 unspecified atom stereocenters. The molecule has 1 saturated heterocycles. The van der Waals surface area contributed by atoms with Crippen molar-refractivity contribution in [2.45, 2.75) is 103 Å². The normalized spacial score (nSPS) is 24.6. The molecule has 2 atom stereocenters. The second-order valence-electron chi connectivity index (χ2n) is 10.1. The molecule has 4 rings (SSSR count). The van der Waals surface area contributed by atoms with Crippen molar-refractivity contribution >= 4 is 28.3 Å². The largest absolute Gasteiger partial charge is 0.371 e. The molecule has 170 valence electrons. The molecule has 0 radical (unpaired) electrons. The average molecular weight is 446 g/mol. The van der Waals surface area contributed by atoms with Gasteiger partial charge in [0.2, 0.25) is 0 Å². The second-order valence-corrected chi connectivity index (χ2v) is 11.1. The maximum absolute atomic E-state index is 11.5. The molecule has 0 aromatic heterocycles. The Labute approximate surface area is 190 Å². The zero-order chi connectivity index (χ0) is 22.2. The van der Waals surface area contributed by atoms with E-state index in [0.717, 1.165) is 53.4 Å². The summed E-state index contributed by atoms with van der Waals surface area (Å²) in [5.74, 6) is 0.974. The van der Waals surface area contributed by atoms with Gasteiger partial charge in [-0.1, -0.05) is 24.6 Å². The molecule has 0 amide bonds. The molecule has 3 aliphatic rings. The van der Waals surface area contributed by atoms with Crippen LogP contribution in [-0.2, 0) is 17.6 Å². The van der Waals surface area contributed by atoms with Crippen molar-refractivity contribution in [3.63, 3.8) is 0 Å². The van der Waals surface area contributed by atoms with E-state index in [1.807, 2.05) is 17.8 Å². The standard InChI is InChI=1S/C24H35N3O3S/c1-16(30-24(2,3)4)22-15-31-23(26(22)17-9-5-6-10-17)25-20-13-14-21(27(28)29)19-12-8-7-11-18(19)20/h13-14,16-17,22H,5-12,15H2,1-4H3/b25-23-/t16-,22+/m1/s1. The van der Waals surface area contributed by atoms with Gasteiger partial charge in [-0.2, -0.15) is 0 Å². The minimum atomic E-state index is -0.238. The fourth-order valence-corrected chi connectivity index (χ4v) is 6.71. The summed E-state index contributed by atoms with van der Waals surface area (Å²) in [6.45, 7) is 8.53. The summed E-state index contributed by atoms with van der Waals surface area (Å²) in [5.41, 5.74) is 2.99. The van der Waals surface area contributed by atoms with Gasteiger partial charge in [0.25, 0.3) is 5.69 Å². The molecular formula is C24H35N3O3S. The zero-order valence-corrected chi connectivity index (χ0v) is 20.0. The molecule has 1 aliphatic heterocycles. The highest BCUT2D eigenvalue weighted by atomic mass is 32.2. The zero-order valence-electron chi connectivity index (χ0n) is 19.2. The molecule has 0 spiro atoms. The van der Waals surface area contributed by atoms with Gasteiger partial charge in [-0.25, -0.2) is 4.99 Å². The smallest absolute Gasteiger partial charge is 0.273 e. The number of benzene rings is 1. The molecule has 31 heavy (non-hydrogen) atoms. The first-order chi connectivity index (χ1) is 14.7. The Morgan fingerprint density at radius 3 is 2.48 bits per heavy atom. The number of amidine groups is 1. The molecule has 6 nitrogen and oxygen atoms in total. The van der Waals surface area contributed by atoms with Gasteiger partial charge in [0.05, 0.1) is 28.4 Å². The molecule has 0 N–H and O–H groups in total. The molecule has 7 heteroatoms. The predicted molar refractivity (Wildman–Crippen MR) is 127 cm³/mol. The van der Waals surface area contributed by atoms with Gasteiger partial charge in [0.1, 0.15) is 0 Å². The van der Waals surface area contributed by atoms with Gasteiger partial charge in [-0.15, -0.1) is 0 Å². The van der Waals surface area contributed by atoms with Crippen molar-refractivity contribution in [2.75, 3.05) is 5.75 Å². The average Bonchev–Trinajstić information content (AvgIpc) is 3.36. The first kappa shape index (κ1) is 22.6. The summed E-state index contributed by atoms with van der Waals surface area (Å²) >= 11 is 1.82. The van der Waals surface area contributed by atoms with Crippen LogP contribution < -0.4 is 0 Å². The van der Waals surface area contributed by atoms with Crippen LogP contribution in [0.3, 0.4) is 0 Å². The summed E-state index contributed by atoms with van der Waals surface area (Å²) in [6.07, 6.45) is 8.82. The van der Waals surface area contributed by atoms with Crippen molar-refractivity contribution in [3.05, 3.63) is 33.4 Å². The van der Waals surface area contributed by atoms with Crippen molar-refractivity contribution in [1.29, 1.82) is 0 Å². The summed E-state index contributed by atoms with van der Waals surface area (Å²) in [7, 11) is 0. The Hall–Kier alpha value is -1.60. The third kappa shape index (κ3) is 4.92. The third-order valence-electron chi connectivity index (χ3n) is 6.66. The summed E-state index contributed by atoms with van der Waals surface area (Å²) in [4.78, 5) is 19.0. The Morgan fingerprint density at radius 2 is 1.84 bits per heavy atom. The van der Waals surface area contributed by atoms with Gasteiger partial charge in [-0.05, 0) is 77.8 Å². The number of hydrogen-bond donors (Lipinski definition) is 0. The predicted octanol–water partition coefficient (Wildman–Crippen LogP) is 6.02. The molecule has 1 aromatic rings. The van der Waals surface area contributed by atoms with E-state index in [4.69, 9.17) is 9.73 Å². The molecule has 1 heterocycles. The lowest BCUT2D eigenvalue weighted by Crippen LogP contribution is -2.48. The number of rotatable bonds is 5. The Bertz CT molecular complexity index is 858. The van der Waals surface area contributed by atoms with E-state index in [2.05, 4.69) is 32.6 Å². The van der Waals surface area contributed by atoms with Gasteiger partial charge in [0, 0.05) is 23.4 Å². The lowest BCUT2D eigenvalue weighted by atomic mass is 9.89. The van der Waals surface area contributed by atoms with Crippen LogP contribution in [-0.4, -0.2) is 44.5 Å². The van der Waals surface area contributed by atoms with Crippen molar-refractivity contribution in [3.8, 4) is 0 Å². The van der Waals surface area contributed by atoms with E-state index in [9.17, 15) is 10.1 Å². The quantitative estimate of drug-likeness (QED) is 0.409. The van der Waals surface area contributed by atoms with Crippen LogP contribution in [0.15, 0.2) is 17.1 Å². The van der Waals surface area contributed by atoms with Gasteiger partial charge in [-0.3, -0.25) is 10.1 Å². The number of fused-ring (bicyclic) bond motifs is 1. The van der Waals surface area contributed by atoms with Crippen LogP contribution in [0.2, 0.25) is 0 Å². The summed E-state index contributed by atoms with van der Waals surface area (Å²) < 4.78 is 6.36. The fraction of sp³-hybridized carbons (Fsp3) is 0.708. The lowest BCUT2D eigenvalue weighted by Gasteiger charge is -2.37. The van der Waals surface area contributed by atoms with Gasteiger partial charge in [0.15, 0.2) is 5.17 Å². The SMILES string of the molecule is C[C@@H](OC(C)(C)C)[C@@H]1CS/C(=N\c2ccc([N+](=O)[O-])c3c2CCCC3)N1C1CCCC1. The molecule has 1 aromatic carbocycles. The highest BCUT2D eigenvalue weighted by molar-refractivity contribution is 8.14. The fourth-order valence-electron chi connectivity index (χ4n) is 5.36. The third-order valence-corrected chi connectivity index (χ3v) is 7.73. The van der Waals surface area contributed by atoms with Gasteiger partial charge >= 0.3 is 0 Å². The van der Waals surface area contributed by atoms with Crippen LogP contribution in [0.25, 0.3) is 0 Å². The number of nitro groups is 1. The molecule has 1 saturated carbocycles. The van der Waals surface area contributed by atoms with E-state index >= 15 is 0 Å². The van der Waals surface area contributed by atoms with Crippen LogP contribution >= 0.6 is 11.8 Å². The Morgan fingerprint density at radius 1 is 1.16 bits per heavy atom. The number of hydrogen-bond acceptors (Lipinski definition) is 5. The monoisotopic (exact) mass is 445 g/mol. The van der Waals surface area contributed by atoms with E-state index in [1.54, 1.807) is 6.07 Å². The van der Waals surface area contributed by atoms with E-state index in [0.29, 0.717) is 12.1 Å². The minimum Gasteiger partial charge on any atom is -0.371 e. The first-order valence-electron chi connectivity index (χ1n) is 11.7. The number of nitro benzene ring substituents is 1.